The molecule has 1 aliphatic carbocycles. The van der Waals surface area contributed by atoms with Crippen molar-refractivity contribution in [2.24, 2.45) is 11.8 Å². The molecule has 4 heteroatoms. The highest BCUT2D eigenvalue weighted by molar-refractivity contribution is 6.22. The van der Waals surface area contributed by atoms with Crippen molar-refractivity contribution in [1.29, 1.82) is 0 Å². The van der Waals surface area contributed by atoms with Crippen molar-refractivity contribution >= 4 is 23.3 Å². The minimum absolute atomic E-state index is 0.0787. The van der Waals surface area contributed by atoms with E-state index < -0.39 is 0 Å². The molecule has 2 atom stereocenters. The van der Waals surface area contributed by atoms with Crippen molar-refractivity contribution in [2.45, 2.75) is 19.8 Å². The summed E-state index contributed by atoms with van der Waals surface area (Å²) >= 11 is 0. The Morgan fingerprint density at radius 2 is 1.70 bits per heavy atom. The lowest BCUT2D eigenvalue weighted by molar-refractivity contribution is -0.122. The van der Waals surface area contributed by atoms with Crippen LogP contribution in [-0.4, -0.2) is 17.6 Å². The number of imide groups is 1. The van der Waals surface area contributed by atoms with Gasteiger partial charge in [-0.25, -0.2) is 0 Å². The van der Waals surface area contributed by atoms with Gasteiger partial charge in [-0.05, 0) is 31.9 Å². The van der Waals surface area contributed by atoms with Crippen molar-refractivity contribution in [3.8, 4) is 0 Å². The molecular formula is C16H15NO3. The van der Waals surface area contributed by atoms with E-state index in [1.165, 1.54) is 11.8 Å². The number of fused-ring (bicyclic) bond motifs is 1. The molecule has 1 heterocycles. The smallest absolute Gasteiger partial charge is 0.238 e. The van der Waals surface area contributed by atoms with Gasteiger partial charge in [-0.1, -0.05) is 24.3 Å². The van der Waals surface area contributed by atoms with Crippen LogP contribution in [-0.2, 0) is 9.59 Å². The van der Waals surface area contributed by atoms with Crippen LogP contribution >= 0.6 is 0 Å². The Morgan fingerprint density at radius 1 is 1.10 bits per heavy atom. The monoisotopic (exact) mass is 269 g/mol. The summed E-state index contributed by atoms with van der Waals surface area (Å²) in [6.07, 6.45) is 5.17. The normalized spacial score (nSPS) is 24.9. The van der Waals surface area contributed by atoms with Crippen LogP contribution in [0.2, 0.25) is 0 Å². The zero-order valence-corrected chi connectivity index (χ0v) is 11.2. The largest absolute Gasteiger partial charge is 0.295 e. The standard InChI is InChI=1S/C16H15NO3/c1-10(18)11-5-4-6-12(9-11)17-15(19)13-7-2-3-8-14(13)16(17)20/h2-6,9,13-14H,7-8H2,1H3/t13-,14-/m0/s1. The fourth-order valence-corrected chi connectivity index (χ4v) is 2.92. The van der Waals surface area contributed by atoms with Crippen LogP contribution in [0.1, 0.15) is 30.1 Å². The number of hydrogen-bond acceptors (Lipinski definition) is 3. The Hall–Kier alpha value is -2.23. The van der Waals surface area contributed by atoms with Gasteiger partial charge in [0.05, 0.1) is 17.5 Å². The quantitative estimate of drug-likeness (QED) is 0.470. The van der Waals surface area contributed by atoms with Gasteiger partial charge in [0.25, 0.3) is 0 Å². The van der Waals surface area contributed by atoms with E-state index in [0.717, 1.165) is 0 Å². The van der Waals surface area contributed by atoms with Crippen LogP contribution in [0, 0.1) is 11.8 Å². The summed E-state index contributed by atoms with van der Waals surface area (Å²) in [5.41, 5.74) is 1.01. The maximum atomic E-state index is 12.4. The van der Waals surface area contributed by atoms with Crippen LogP contribution < -0.4 is 4.90 Å². The molecule has 4 nitrogen and oxygen atoms in total. The minimum atomic E-state index is -0.242. The number of Topliss-reactive ketones (excluding diaryl/α,β-unsaturated/α-hetero) is 1. The van der Waals surface area contributed by atoms with E-state index in [9.17, 15) is 14.4 Å². The van der Waals surface area contributed by atoms with E-state index in [-0.39, 0.29) is 29.4 Å². The molecular weight excluding hydrogens is 254 g/mol. The van der Waals surface area contributed by atoms with Gasteiger partial charge >= 0.3 is 0 Å². The third-order valence-electron chi connectivity index (χ3n) is 4.02. The molecule has 1 aliphatic heterocycles. The van der Waals surface area contributed by atoms with Gasteiger partial charge in [0.1, 0.15) is 0 Å². The van der Waals surface area contributed by atoms with Crippen molar-refractivity contribution in [2.75, 3.05) is 4.90 Å². The maximum absolute atomic E-state index is 12.4. The molecule has 1 fully saturated rings. The van der Waals surface area contributed by atoms with E-state index >= 15 is 0 Å². The summed E-state index contributed by atoms with van der Waals surface area (Å²) < 4.78 is 0. The molecule has 1 saturated heterocycles. The van der Waals surface area contributed by atoms with Crippen LogP contribution in [0.25, 0.3) is 0 Å². The van der Waals surface area contributed by atoms with Crippen molar-refractivity contribution in [3.05, 3.63) is 42.0 Å². The van der Waals surface area contributed by atoms with Crippen molar-refractivity contribution < 1.29 is 14.4 Å². The average Bonchev–Trinajstić information content (AvgIpc) is 2.72. The molecule has 2 aliphatic rings. The topological polar surface area (TPSA) is 54.5 Å². The molecule has 2 amide bonds. The number of nitrogens with zero attached hydrogens (tertiary/aromatic N) is 1. The number of ketones is 1. The second-order valence-corrected chi connectivity index (χ2v) is 5.27. The first-order valence-corrected chi connectivity index (χ1v) is 6.73. The number of carbonyl (C=O) groups is 3. The Morgan fingerprint density at radius 3 is 2.25 bits per heavy atom. The van der Waals surface area contributed by atoms with Crippen molar-refractivity contribution in [3.63, 3.8) is 0 Å². The van der Waals surface area contributed by atoms with Gasteiger partial charge in [-0.15, -0.1) is 0 Å². The summed E-state index contributed by atoms with van der Waals surface area (Å²) in [6, 6.07) is 6.70. The first kappa shape index (κ1) is 12.8. The molecule has 3 rings (SSSR count). The zero-order chi connectivity index (χ0) is 14.3. The highest BCUT2D eigenvalue weighted by Crippen LogP contribution is 2.37. The Kier molecular flexibility index (Phi) is 3.01. The minimum Gasteiger partial charge on any atom is -0.295 e. The van der Waals surface area contributed by atoms with Gasteiger partial charge in [0, 0.05) is 5.56 Å². The fraction of sp³-hybridized carbons (Fsp3) is 0.312. The van der Waals surface area contributed by atoms with Gasteiger partial charge in [0.15, 0.2) is 5.78 Å². The van der Waals surface area contributed by atoms with E-state index in [1.807, 2.05) is 12.2 Å². The third kappa shape index (κ3) is 1.88. The lowest BCUT2D eigenvalue weighted by Gasteiger charge is -2.15. The molecule has 0 saturated carbocycles. The van der Waals surface area contributed by atoms with E-state index in [0.29, 0.717) is 24.1 Å². The molecule has 0 N–H and O–H groups in total. The molecule has 0 aromatic heterocycles. The summed E-state index contributed by atoms with van der Waals surface area (Å²) in [5.74, 6) is -0.859. The van der Waals surface area contributed by atoms with E-state index in [4.69, 9.17) is 0 Å². The van der Waals surface area contributed by atoms with Gasteiger partial charge < -0.3 is 0 Å². The Bertz CT molecular complexity index is 606. The van der Waals surface area contributed by atoms with Crippen LogP contribution in [0.3, 0.4) is 0 Å². The predicted octanol–water partition coefficient (Wildman–Crippen LogP) is 2.34. The SMILES string of the molecule is CC(=O)c1cccc(N2C(=O)[C@H]3CC=CC[C@@H]3C2=O)c1. The summed E-state index contributed by atoms with van der Waals surface area (Å²) in [4.78, 5) is 37.5. The van der Waals surface area contributed by atoms with Gasteiger partial charge in [-0.3, -0.25) is 19.3 Å². The lowest BCUT2D eigenvalue weighted by Crippen LogP contribution is -2.31. The molecule has 0 spiro atoms. The number of rotatable bonds is 2. The Labute approximate surface area is 117 Å². The first-order chi connectivity index (χ1) is 9.59. The molecule has 0 radical (unpaired) electrons. The molecule has 20 heavy (non-hydrogen) atoms. The third-order valence-corrected chi connectivity index (χ3v) is 4.02. The number of allylic oxidation sites excluding steroid dienone is 2. The molecule has 1 aromatic carbocycles. The predicted molar refractivity (Wildman–Crippen MR) is 74.3 cm³/mol. The number of anilines is 1. The summed E-state index contributed by atoms with van der Waals surface area (Å²) in [6.45, 7) is 1.47. The van der Waals surface area contributed by atoms with Crippen LogP contribution in [0.4, 0.5) is 5.69 Å². The summed E-state index contributed by atoms with van der Waals surface area (Å²) in [5, 5.41) is 0. The number of carbonyl (C=O) groups excluding carboxylic acids is 3. The lowest BCUT2D eigenvalue weighted by atomic mass is 9.85. The molecule has 0 unspecified atom stereocenters. The van der Waals surface area contributed by atoms with Gasteiger partial charge in [-0.2, -0.15) is 0 Å². The van der Waals surface area contributed by atoms with E-state index in [1.54, 1.807) is 24.3 Å². The number of benzene rings is 1. The second-order valence-electron chi connectivity index (χ2n) is 5.27. The molecule has 102 valence electrons. The summed E-state index contributed by atoms with van der Waals surface area (Å²) in [7, 11) is 0. The fourth-order valence-electron chi connectivity index (χ4n) is 2.92. The highest BCUT2D eigenvalue weighted by atomic mass is 16.2. The van der Waals surface area contributed by atoms with Gasteiger partial charge in [0.2, 0.25) is 11.8 Å². The zero-order valence-electron chi connectivity index (χ0n) is 11.2. The van der Waals surface area contributed by atoms with Crippen LogP contribution in [0.5, 0.6) is 0 Å². The average molecular weight is 269 g/mol. The number of hydrogen-bond donors (Lipinski definition) is 0. The van der Waals surface area contributed by atoms with E-state index in [2.05, 4.69) is 0 Å². The van der Waals surface area contributed by atoms with Crippen LogP contribution in [0.15, 0.2) is 36.4 Å². The molecule has 1 aromatic rings. The second kappa shape index (κ2) is 4.71. The number of amides is 2. The molecule has 0 bridgehead atoms. The van der Waals surface area contributed by atoms with Crippen molar-refractivity contribution in [1.82, 2.24) is 0 Å². The maximum Gasteiger partial charge on any atom is 0.238 e. The highest BCUT2D eigenvalue weighted by Gasteiger charge is 2.47. The Balaban J connectivity index is 1.98. The first-order valence-electron chi connectivity index (χ1n) is 6.73.